The second kappa shape index (κ2) is 8.59. The third-order valence-corrected chi connectivity index (χ3v) is 4.83. The summed E-state index contributed by atoms with van der Waals surface area (Å²) >= 11 is 12.0. The first kappa shape index (κ1) is 18.1. The van der Waals surface area contributed by atoms with Gasteiger partial charge in [-0.3, -0.25) is 0 Å². The first-order valence-electron chi connectivity index (χ1n) is 8.49. The number of hydrogen-bond donors (Lipinski definition) is 0. The average molecular weight is 379 g/mol. The van der Waals surface area contributed by atoms with Crippen molar-refractivity contribution in [3.8, 4) is 5.75 Å². The van der Waals surface area contributed by atoms with E-state index in [0.29, 0.717) is 28.0 Å². The number of hydrogen-bond acceptors (Lipinski definition) is 3. The van der Waals surface area contributed by atoms with Gasteiger partial charge in [0.05, 0.1) is 10.6 Å². The topological polar surface area (TPSA) is 35.5 Å². The molecule has 3 nitrogen and oxygen atoms in total. The summed E-state index contributed by atoms with van der Waals surface area (Å²) in [4.78, 5) is 12.2. The molecule has 0 heterocycles. The van der Waals surface area contributed by atoms with Gasteiger partial charge in [0.15, 0.2) is 0 Å². The van der Waals surface area contributed by atoms with E-state index in [4.69, 9.17) is 32.7 Å². The van der Waals surface area contributed by atoms with Crippen molar-refractivity contribution >= 4 is 29.2 Å². The molecule has 0 aliphatic heterocycles. The quantitative estimate of drug-likeness (QED) is 0.592. The highest BCUT2D eigenvalue weighted by Gasteiger charge is 2.18. The molecule has 0 N–H and O–H groups in total. The van der Waals surface area contributed by atoms with Crippen molar-refractivity contribution in [2.75, 3.05) is 0 Å². The van der Waals surface area contributed by atoms with E-state index in [0.717, 1.165) is 31.2 Å². The van der Waals surface area contributed by atoms with Crippen LogP contribution in [-0.4, -0.2) is 12.1 Å². The standard InChI is InChI=1S/C20H20Cl2O3/c21-16-10-11-19(18(22)12-16)24-13-14-6-8-15(9-7-14)20(23)25-17-4-2-1-3-5-17/h6-12,17H,1-5,13H2. The minimum Gasteiger partial charge on any atom is -0.487 e. The van der Waals surface area contributed by atoms with Crippen LogP contribution in [0.2, 0.25) is 10.0 Å². The number of ether oxygens (including phenoxy) is 2. The Morgan fingerprint density at radius 3 is 2.40 bits per heavy atom. The highest BCUT2D eigenvalue weighted by Crippen LogP contribution is 2.28. The Balaban J connectivity index is 1.55. The third-order valence-electron chi connectivity index (χ3n) is 4.30. The molecule has 3 rings (SSSR count). The van der Waals surface area contributed by atoms with Crippen LogP contribution >= 0.6 is 23.2 Å². The number of halogens is 2. The molecule has 1 aliphatic carbocycles. The highest BCUT2D eigenvalue weighted by atomic mass is 35.5. The summed E-state index contributed by atoms with van der Waals surface area (Å²) in [7, 11) is 0. The summed E-state index contributed by atoms with van der Waals surface area (Å²) in [6.45, 7) is 0.360. The van der Waals surface area contributed by atoms with Gasteiger partial charge in [-0.05, 0) is 61.6 Å². The van der Waals surface area contributed by atoms with Gasteiger partial charge in [-0.25, -0.2) is 4.79 Å². The predicted molar refractivity (Wildman–Crippen MR) is 99.5 cm³/mol. The van der Waals surface area contributed by atoms with Gasteiger partial charge in [0, 0.05) is 5.02 Å². The lowest BCUT2D eigenvalue weighted by molar-refractivity contribution is 0.0211. The molecule has 0 saturated heterocycles. The second-order valence-electron chi connectivity index (χ2n) is 6.23. The van der Waals surface area contributed by atoms with Gasteiger partial charge in [0.1, 0.15) is 18.5 Å². The number of carbonyl (C=O) groups is 1. The Bertz CT molecular complexity index is 722. The van der Waals surface area contributed by atoms with Crippen molar-refractivity contribution in [1.29, 1.82) is 0 Å². The summed E-state index contributed by atoms with van der Waals surface area (Å²) in [5, 5.41) is 1.04. The first-order chi connectivity index (χ1) is 12.1. The van der Waals surface area contributed by atoms with E-state index in [9.17, 15) is 4.79 Å². The van der Waals surface area contributed by atoms with E-state index in [1.54, 1.807) is 30.3 Å². The van der Waals surface area contributed by atoms with Crippen LogP contribution in [0.15, 0.2) is 42.5 Å². The van der Waals surface area contributed by atoms with E-state index in [1.165, 1.54) is 6.42 Å². The average Bonchev–Trinajstić information content (AvgIpc) is 2.62. The van der Waals surface area contributed by atoms with Crippen LogP contribution in [0.5, 0.6) is 5.75 Å². The second-order valence-corrected chi connectivity index (χ2v) is 7.07. The summed E-state index contributed by atoms with van der Waals surface area (Å²) in [5.74, 6) is 0.326. The molecule has 0 radical (unpaired) electrons. The van der Waals surface area contributed by atoms with Crippen LogP contribution in [0.4, 0.5) is 0 Å². The maximum atomic E-state index is 12.2. The lowest BCUT2D eigenvalue weighted by Gasteiger charge is -2.21. The van der Waals surface area contributed by atoms with Gasteiger partial charge in [-0.15, -0.1) is 0 Å². The fraction of sp³-hybridized carbons (Fsp3) is 0.350. The van der Waals surface area contributed by atoms with Gasteiger partial charge in [-0.2, -0.15) is 0 Å². The fourth-order valence-electron chi connectivity index (χ4n) is 2.89. The fourth-order valence-corrected chi connectivity index (χ4v) is 3.36. The van der Waals surface area contributed by atoms with E-state index in [2.05, 4.69) is 0 Å². The third kappa shape index (κ3) is 5.13. The Hall–Kier alpha value is -1.71. The summed E-state index contributed by atoms with van der Waals surface area (Å²) < 4.78 is 11.3. The molecule has 2 aromatic carbocycles. The zero-order chi connectivity index (χ0) is 17.6. The summed E-state index contributed by atoms with van der Waals surface area (Å²) in [6, 6.07) is 12.4. The van der Waals surface area contributed by atoms with Crippen LogP contribution in [0.25, 0.3) is 0 Å². The molecule has 0 amide bonds. The molecular formula is C20H20Cl2O3. The molecule has 0 atom stereocenters. The lowest BCUT2D eigenvalue weighted by Crippen LogP contribution is -2.20. The maximum Gasteiger partial charge on any atom is 0.338 e. The molecule has 0 unspecified atom stereocenters. The molecule has 25 heavy (non-hydrogen) atoms. The number of esters is 1. The van der Waals surface area contributed by atoms with Gasteiger partial charge >= 0.3 is 5.97 Å². The van der Waals surface area contributed by atoms with Crippen molar-refractivity contribution in [1.82, 2.24) is 0 Å². The van der Waals surface area contributed by atoms with Crippen LogP contribution in [0, 0.1) is 0 Å². The molecule has 1 saturated carbocycles. The van der Waals surface area contributed by atoms with E-state index >= 15 is 0 Å². The van der Waals surface area contributed by atoms with Crippen molar-refractivity contribution in [2.24, 2.45) is 0 Å². The van der Waals surface area contributed by atoms with Crippen molar-refractivity contribution in [3.63, 3.8) is 0 Å². The minimum absolute atomic E-state index is 0.0660. The van der Waals surface area contributed by atoms with Gasteiger partial charge in [0.25, 0.3) is 0 Å². The van der Waals surface area contributed by atoms with Crippen LogP contribution < -0.4 is 4.74 Å². The Morgan fingerprint density at radius 1 is 1.00 bits per heavy atom. The highest BCUT2D eigenvalue weighted by molar-refractivity contribution is 6.35. The molecule has 5 heteroatoms. The smallest absolute Gasteiger partial charge is 0.338 e. The monoisotopic (exact) mass is 378 g/mol. The molecule has 132 valence electrons. The van der Waals surface area contributed by atoms with E-state index < -0.39 is 0 Å². The van der Waals surface area contributed by atoms with Gasteiger partial charge < -0.3 is 9.47 Å². The van der Waals surface area contributed by atoms with Crippen LogP contribution in [0.3, 0.4) is 0 Å². The maximum absolute atomic E-state index is 12.2. The van der Waals surface area contributed by atoms with Crippen LogP contribution in [0.1, 0.15) is 48.0 Å². The number of benzene rings is 2. The SMILES string of the molecule is O=C(OC1CCCCC1)c1ccc(COc2ccc(Cl)cc2Cl)cc1. The first-order valence-corrected chi connectivity index (χ1v) is 9.25. The molecule has 0 spiro atoms. The summed E-state index contributed by atoms with van der Waals surface area (Å²) in [6.07, 6.45) is 5.53. The number of rotatable bonds is 5. The Kier molecular flexibility index (Phi) is 6.22. The molecule has 1 aliphatic rings. The molecule has 1 fully saturated rings. The minimum atomic E-state index is -0.250. The lowest BCUT2D eigenvalue weighted by atomic mass is 9.98. The Morgan fingerprint density at radius 2 is 1.72 bits per heavy atom. The zero-order valence-corrected chi connectivity index (χ0v) is 15.4. The normalized spacial score (nSPS) is 15.0. The van der Waals surface area contributed by atoms with Gasteiger partial charge in [0.2, 0.25) is 0 Å². The van der Waals surface area contributed by atoms with Crippen molar-refractivity contribution < 1.29 is 14.3 Å². The van der Waals surface area contributed by atoms with Crippen molar-refractivity contribution in [2.45, 2.75) is 44.8 Å². The van der Waals surface area contributed by atoms with E-state index in [1.807, 2.05) is 12.1 Å². The zero-order valence-electron chi connectivity index (χ0n) is 13.8. The largest absolute Gasteiger partial charge is 0.487 e. The number of carbonyl (C=O) groups excluding carboxylic acids is 1. The van der Waals surface area contributed by atoms with Crippen LogP contribution in [-0.2, 0) is 11.3 Å². The van der Waals surface area contributed by atoms with E-state index in [-0.39, 0.29) is 12.1 Å². The molecule has 2 aromatic rings. The molecular weight excluding hydrogens is 359 g/mol. The molecule has 0 bridgehead atoms. The Labute approximate surface area is 157 Å². The molecule has 0 aromatic heterocycles. The van der Waals surface area contributed by atoms with Gasteiger partial charge in [-0.1, -0.05) is 41.8 Å². The van der Waals surface area contributed by atoms with Crippen molar-refractivity contribution in [3.05, 3.63) is 63.6 Å². The predicted octanol–water partition coefficient (Wildman–Crippen LogP) is 6.06. The summed E-state index contributed by atoms with van der Waals surface area (Å²) in [5.41, 5.74) is 1.51.